The number of rotatable bonds is 3. The molecule has 1 aliphatic heterocycles. The Morgan fingerprint density at radius 2 is 1.95 bits per heavy atom. The summed E-state index contributed by atoms with van der Waals surface area (Å²) in [5.74, 6) is -1.88. The first-order valence-electron chi connectivity index (χ1n) is 6.85. The lowest BCUT2D eigenvalue weighted by atomic mass is 9.96. The predicted octanol–water partition coefficient (Wildman–Crippen LogP) is 2.05. The zero-order valence-corrected chi connectivity index (χ0v) is 12.8. The van der Waals surface area contributed by atoms with Crippen molar-refractivity contribution >= 4 is 10.0 Å². The number of sulfonamides is 1. The van der Waals surface area contributed by atoms with Crippen LogP contribution in [0, 0.1) is 24.5 Å². The van der Waals surface area contributed by atoms with Gasteiger partial charge >= 0.3 is 0 Å². The Balaban J connectivity index is 2.43. The van der Waals surface area contributed by atoms with Crippen molar-refractivity contribution in [1.29, 1.82) is 0 Å². The first-order chi connectivity index (χ1) is 9.77. The molecule has 1 N–H and O–H groups in total. The topological polar surface area (TPSA) is 57.6 Å². The van der Waals surface area contributed by atoms with Gasteiger partial charge in [-0.1, -0.05) is 0 Å². The fourth-order valence-corrected chi connectivity index (χ4v) is 4.38. The first kappa shape index (κ1) is 16.3. The number of aliphatic hydroxyl groups excluding tert-OH is 1. The summed E-state index contributed by atoms with van der Waals surface area (Å²) < 4.78 is 53.9. The number of halogens is 2. The highest BCUT2D eigenvalue weighted by molar-refractivity contribution is 7.89. The molecule has 118 valence electrons. The second-order valence-corrected chi connectivity index (χ2v) is 7.44. The van der Waals surface area contributed by atoms with Crippen molar-refractivity contribution < 1.29 is 22.3 Å². The van der Waals surface area contributed by atoms with Crippen LogP contribution in [0.2, 0.25) is 0 Å². The highest BCUT2D eigenvalue weighted by atomic mass is 32.2. The van der Waals surface area contributed by atoms with Gasteiger partial charge in [-0.2, -0.15) is 4.31 Å². The van der Waals surface area contributed by atoms with Crippen LogP contribution in [0.4, 0.5) is 8.78 Å². The van der Waals surface area contributed by atoms with E-state index in [4.69, 9.17) is 0 Å². The third kappa shape index (κ3) is 3.09. The number of piperidine rings is 1. The summed E-state index contributed by atoms with van der Waals surface area (Å²) in [6.45, 7) is 3.10. The van der Waals surface area contributed by atoms with Crippen LogP contribution in [0.5, 0.6) is 0 Å². The maximum absolute atomic E-state index is 14.0. The molecule has 21 heavy (non-hydrogen) atoms. The van der Waals surface area contributed by atoms with E-state index in [1.54, 1.807) is 6.92 Å². The SMILES string of the molecule is Cc1cc(F)c(S(=O)(=O)N2CC(CO)CCC2C)cc1F. The van der Waals surface area contributed by atoms with E-state index in [1.165, 1.54) is 6.92 Å². The van der Waals surface area contributed by atoms with Crippen LogP contribution in [0.3, 0.4) is 0 Å². The summed E-state index contributed by atoms with van der Waals surface area (Å²) in [5, 5.41) is 9.21. The molecule has 1 fully saturated rings. The quantitative estimate of drug-likeness (QED) is 0.928. The Morgan fingerprint density at radius 1 is 1.29 bits per heavy atom. The monoisotopic (exact) mass is 319 g/mol. The molecule has 7 heteroatoms. The number of aryl methyl sites for hydroxylation is 1. The van der Waals surface area contributed by atoms with E-state index in [9.17, 15) is 22.3 Å². The molecule has 0 radical (unpaired) electrons. The molecule has 1 aliphatic rings. The summed E-state index contributed by atoms with van der Waals surface area (Å²) in [7, 11) is -4.12. The van der Waals surface area contributed by atoms with Crippen LogP contribution >= 0.6 is 0 Å². The smallest absolute Gasteiger partial charge is 0.246 e. The molecule has 2 rings (SSSR count). The van der Waals surface area contributed by atoms with Gasteiger partial charge in [0.2, 0.25) is 10.0 Å². The third-order valence-electron chi connectivity index (χ3n) is 3.98. The van der Waals surface area contributed by atoms with Crippen molar-refractivity contribution in [3.63, 3.8) is 0 Å². The minimum atomic E-state index is -4.12. The molecule has 1 aromatic rings. The number of hydrogen-bond donors (Lipinski definition) is 1. The normalized spacial score (nSPS) is 24.2. The van der Waals surface area contributed by atoms with Gasteiger partial charge in [-0.3, -0.25) is 0 Å². The van der Waals surface area contributed by atoms with Crippen molar-refractivity contribution in [3.05, 3.63) is 29.3 Å². The molecule has 1 heterocycles. The van der Waals surface area contributed by atoms with Crippen LogP contribution in [-0.4, -0.2) is 37.0 Å². The maximum Gasteiger partial charge on any atom is 0.246 e. The summed E-state index contributed by atoms with van der Waals surface area (Å²) in [6, 6.07) is 1.32. The van der Waals surface area contributed by atoms with Crippen LogP contribution in [0.15, 0.2) is 17.0 Å². The number of aliphatic hydroxyl groups is 1. The van der Waals surface area contributed by atoms with Gasteiger partial charge in [0.1, 0.15) is 16.5 Å². The molecule has 0 bridgehead atoms. The van der Waals surface area contributed by atoms with E-state index in [1.807, 2.05) is 0 Å². The van der Waals surface area contributed by atoms with Crippen molar-refractivity contribution in [2.24, 2.45) is 5.92 Å². The van der Waals surface area contributed by atoms with Gasteiger partial charge < -0.3 is 5.11 Å². The van der Waals surface area contributed by atoms with Crippen LogP contribution in [-0.2, 0) is 10.0 Å². The molecule has 0 aromatic heterocycles. The average Bonchev–Trinajstić information content (AvgIpc) is 2.43. The molecule has 0 spiro atoms. The van der Waals surface area contributed by atoms with Crippen molar-refractivity contribution in [2.45, 2.75) is 37.6 Å². The van der Waals surface area contributed by atoms with E-state index >= 15 is 0 Å². The Hall–Kier alpha value is -1.05. The Labute approximate surface area is 123 Å². The molecule has 2 unspecified atom stereocenters. The molecular formula is C14H19F2NO3S. The van der Waals surface area contributed by atoms with Crippen molar-refractivity contribution in [1.82, 2.24) is 4.31 Å². The fraction of sp³-hybridized carbons (Fsp3) is 0.571. The Bertz CT molecular complexity index is 633. The standard InChI is InChI=1S/C14H19F2NO3S/c1-9-5-13(16)14(6-12(9)15)21(19,20)17-7-11(8-18)4-3-10(17)2/h5-6,10-11,18H,3-4,7-8H2,1-2H3. The summed E-state index contributed by atoms with van der Waals surface area (Å²) >= 11 is 0. The van der Waals surface area contributed by atoms with Gasteiger partial charge in [0.15, 0.2) is 0 Å². The van der Waals surface area contributed by atoms with Crippen LogP contribution in [0.1, 0.15) is 25.3 Å². The highest BCUT2D eigenvalue weighted by Gasteiger charge is 2.36. The second kappa shape index (κ2) is 5.98. The molecule has 2 atom stereocenters. The Morgan fingerprint density at radius 3 is 2.57 bits per heavy atom. The zero-order chi connectivity index (χ0) is 15.8. The molecular weight excluding hydrogens is 300 g/mol. The first-order valence-corrected chi connectivity index (χ1v) is 8.29. The van der Waals surface area contributed by atoms with Crippen molar-refractivity contribution in [3.8, 4) is 0 Å². The minimum Gasteiger partial charge on any atom is -0.396 e. The van der Waals surface area contributed by atoms with E-state index < -0.39 is 26.6 Å². The van der Waals surface area contributed by atoms with Gasteiger partial charge in [0.05, 0.1) is 0 Å². The minimum absolute atomic E-state index is 0.0615. The lowest BCUT2D eigenvalue weighted by Crippen LogP contribution is -2.46. The van der Waals surface area contributed by atoms with E-state index in [0.29, 0.717) is 12.8 Å². The maximum atomic E-state index is 14.0. The number of benzene rings is 1. The lowest BCUT2D eigenvalue weighted by molar-refractivity contribution is 0.139. The molecule has 1 aromatic carbocycles. The van der Waals surface area contributed by atoms with Gasteiger partial charge in [-0.25, -0.2) is 17.2 Å². The molecule has 1 saturated heterocycles. The van der Waals surface area contributed by atoms with Crippen molar-refractivity contribution in [2.75, 3.05) is 13.2 Å². The second-order valence-electron chi connectivity index (χ2n) is 5.58. The summed E-state index contributed by atoms with van der Waals surface area (Å²) in [6.07, 6.45) is 1.30. The zero-order valence-electron chi connectivity index (χ0n) is 12.0. The van der Waals surface area contributed by atoms with Gasteiger partial charge in [-0.05, 0) is 50.3 Å². The van der Waals surface area contributed by atoms with Crippen LogP contribution < -0.4 is 0 Å². The predicted molar refractivity (Wildman–Crippen MR) is 74.3 cm³/mol. The average molecular weight is 319 g/mol. The van der Waals surface area contributed by atoms with Gasteiger partial charge in [-0.15, -0.1) is 0 Å². The number of nitrogens with zero attached hydrogens (tertiary/aromatic N) is 1. The molecule has 0 aliphatic carbocycles. The summed E-state index contributed by atoms with van der Waals surface area (Å²) in [5.41, 5.74) is 0.0615. The van der Waals surface area contributed by atoms with Gasteiger partial charge in [0, 0.05) is 19.2 Å². The molecule has 0 saturated carbocycles. The summed E-state index contributed by atoms with van der Waals surface area (Å²) in [4.78, 5) is -0.643. The highest BCUT2D eigenvalue weighted by Crippen LogP contribution is 2.30. The van der Waals surface area contributed by atoms with Crippen LogP contribution in [0.25, 0.3) is 0 Å². The largest absolute Gasteiger partial charge is 0.396 e. The van der Waals surface area contributed by atoms with E-state index in [2.05, 4.69) is 0 Å². The number of hydrogen-bond acceptors (Lipinski definition) is 3. The van der Waals surface area contributed by atoms with Gasteiger partial charge in [0.25, 0.3) is 0 Å². The fourth-order valence-electron chi connectivity index (χ4n) is 2.58. The van der Waals surface area contributed by atoms with E-state index in [0.717, 1.165) is 16.4 Å². The third-order valence-corrected chi connectivity index (χ3v) is 5.98. The molecule has 0 amide bonds. The molecule has 4 nitrogen and oxygen atoms in total. The Kier molecular flexibility index (Phi) is 4.65. The lowest BCUT2D eigenvalue weighted by Gasteiger charge is -2.36. The van der Waals surface area contributed by atoms with E-state index in [-0.39, 0.29) is 30.7 Å².